The lowest BCUT2D eigenvalue weighted by atomic mass is 9.89. The van der Waals surface area contributed by atoms with E-state index in [2.05, 4.69) is 0 Å². The number of hydrogen-bond donors (Lipinski definition) is 1. The summed E-state index contributed by atoms with van der Waals surface area (Å²) in [5.74, 6) is 0.919. The molecule has 0 aromatic rings. The van der Waals surface area contributed by atoms with Crippen molar-refractivity contribution in [3.05, 3.63) is 0 Å². The average molecular weight is 287 g/mol. The quantitative estimate of drug-likeness (QED) is 0.857. The fourth-order valence-electron chi connectivity index (χ4n) is 3.80. The van der Waals surface area contributed by atoms with Gasteiger partial charge in [-0.1, -0.05) is 12.8 Å². The van der Waals surface area contributed by atoms with Crippen molar-refractivity contribution in [2.24, 2.45) is 11.8 Å². The molecule has 3 rings (SSSR count). The van der Waals surface area contributed by atoms with Crippen LogP contribution in [0.4, 0.5) is 0 Å². The summed E-state index contributed by atoms with van der Waals surface area (Å²) in [6.45, 7) is 0.670. The summed E-state index contributed by atoms with van der Waals surface area (Å²) in [7, 11) is -3.11. The molecule has 5 heteroatoms. The highest BCUT2D eigenvalue weighted by molar-refractivity contribution is 7.89. The summed E-state index contributed by atoms with van der Waals surface area (Å²) in [6.07, 6.45) is 7.74. The predicted octanol–water partition coefficient (Wildman–Crippen LogP) is 1.74. The van der Waals surface area contributed by atoms with E-state index < -0.39 is 10.0 Å². The maximum absolute atomic E-state index is 12.6. The van der Waals surface area contributed by atoms with Crippen LogP contribution < -0.4 is 0 Å². The van der Waals surface area contributed by atoms with Crippen LogP contribution in [-0.4, -0.2) is 42.3 Å². The molecular formula is C14H25NO3S. The van der Waals surface area contributed by atoms with Crippen molar-refractivity contribution in [1.29, 1.82) is 0 Å². The molecule has 0 radical (unpaired) electrons. The van der Waals surface area contributed by atoms with Gasteiger partial charge in [0.2, 0.25) is 10.0 Å². The van der Waals surface area contributed by atoms with E-state index in [1.807, 2.05) is 0 Å². The van der Waals surface area contributed by atoms with Crippen LogP contribution in [0.1, 0.15) is 51.4 Å². The first kappa shape index (κ1) is 13.8. The zero-order valence-electron chi connectivity index (χ0n) is 11.5. The monoisotopic (exact) mass is 287 g/mol. The molecule has 1 saturated heterocycles. The third-order valence-corrected chi connectivity index (χ3v) is 7.09. The van der Waals surface area contributed by atoms with Gasteiger partial charge in [-0.05, 0) is 44.4 Å². The highest BCUT2D eigenvalue weighted by atomic mass is 32.2. The van der Waals surface area contributed by atoms with Gasteiger partial charge >= 0.3 is 0 Å². The van der Waals surface area contributed by atoms with Gasteiger partial charge in [-0.2, -0.15) is 4.31 Å². The SMILES string of the molecule is O=S(=O)(CC1CC1)N1CCCCC1C1CCCC1O. The van der Waals surface area contributed by atoms with Crippen LogP contribution in [0.5, 0.6) is 0 Å². The van der Waals surface area contributed by atoms with E-state index in [-0.39, 0.29) is 18.1 Å². The van der Waals surface area contributed by atoms with Gasteiger partial charge in [0.15, 0.2) is 0 Å². The first-order chi connectivity index (χ1) is 9.08. The molecular weight excluding hydrogens is 262 g/mol. The van der Waals surface area contributed by atoms with Gasteiger partial charge in [-0.15, -0.1) is 0 Å². The second-order valence-corrected chi connectivity index (χ2v) is 8.52. The smallest absolute Gasteiger partial charge is 0.214 e. The first-order valence-electron chi connectivity index (χ1n) is 7.75. The van der Waals surface area contributed by atoms with E-state index in [1.54, 1.807) is 4.31 Å². The Morgan fingerprint density at radius 2 is 1.79 bits per heavy atom. The second-order valence-electron chi connectivity index (χ2n) is 6.56. The van der Waals surface area contributed by atoms with E-state index in [4.69, 9.17) is 0 Å². The summed E-state index contributed by atoms with van der Waals surface area (Å²) >= 11 is 0. The van der Waals surface area contributed by atoms with Gasteiger partial charge in [-0.25, -0.2) is 8.42 Å². The van der Waals surface area contributed by atoms with E-state index >= 15 is 0 Å². The Morgan fingerprint density at radius 3 is 2.42 bits per heavy atom. The van der Waals surface area contributed by atoms with Crippen molar-refractivity contribution in [2.75, 3.05) is 12.3 Å². The molecule has 19 heavy (non-hydrogen) atoms. The number of sulfonamides is 1. The van der Waals surface area contributed by atoms with Crippen LogP contribution >= 0.6 is 0 Å². The zero-order valence-corrected chi connectivity index (χ0v) is 12.3. The molecule has 3 atom stereocenters. The summed E-state index contributed by atoms with van der Waals surface area (Å²) in [4.78, 5) is 0. The predicted molar refractivity (Wildman–Crippen MR) is 74.2 cm³/mol. The molecule has 0 spiro atoms. The van der Waals surface area contributed by atoms with Crippen molar-refractivity contribution in [2.45, 2.75) is 63.5 Å². The topological polar surface area (TPSA) is 57.6 Å². The summed E-state index contributed by atoms with van der Waals surface area (Å²) in [5.41, 5.74) is 0. The van der Waals surface area contributed by atoms with E-state index in [0.29, 0.717) is 18.2 Å². The van der Waals surface area contributed by atoms with Gasteiger partial charge < -0.3 is 5.11 Å². The molecule has 0 bridgehead atoms. The summed E-state index contributed by atoms with van der Waals surface area (Å²) in [6, 6.07) is 0.0648. The van der Waals surface area contributed by atoms with Gasteiger partial charge in [0.1, 0.15) is 0 Å². The number of aliphatic hydroxyl groups is 1. The fourth-order valence-corrected chi connectivity index (χ4v) is 6.00. The molecule has 1 heterocycles. The molecule has 1 N–H and O–H groups in total. The van der Waals surface area contributed by atoms with Crippen LogP contribution in [0.25, 0.3) is 0 Å². The van der Waals surface area contributed by atoms with Gasteiger partial charge in [-0.3, -0.25) is 0 Å². The standard InChI is InChI=1S/C14H25NO3S/c16-14-6-3-4-12(14)13-5-1-2-9-15(13)19(17,18)10-11-7-8-11/h11-14,16H,1-10H2. The average Bonchev–Trinajstić information content (AvgIpc) is 3.07. The van der Waals surface area contributed by atoms with Crippen molar-refractivity contribution < 1.29 is 13.5 Å². The van der Waals surface area contributed by atoms with Crippen LogP contribution in [-0.2, 0) is 10.0 Å². The molecule has 0 aromatic heterocycles. The highest BCUT2D eigenvalue weighted by Gasteiger charge is 2.42. The minimum atomic E-state index is -3.11. The Bertz CT molecular complexity index is 418. The minimum Gasteiger partial charge on any atom is -0.393 e. The number of rotatable bonds is 4. The Hall–Kier alpha value is -0.130. The Balaban J connectivity index is 1.76. The second kappa shape index (κ2) is 5.34. The van der Waals surface area contributed by atoms with Crippen LogP contribution in [0, 0.1) is 11.8 Å². The van der Waals surface area contributed by atoms with Crippen molar-refractivity contribution in [3.63, 3.8) is 0 Å². The molecule has 2 aliphatic carbocycles. The van der Waals surface area contributed by atoms with Gasteiger partial charge in [0, 0.05) is 18.5 Å². The van der Waals surface area contributed by atoms with E-state index in [9.17, 15) is 13.5 Å². The normalized spacial score (nSPS) is 37.6. The molecule has 4 nitrogen and oxygen atoms in total. The number of piperidine rings is 1. The third kappa shape index (κ3) is 2.98. The number of aliphatic hydroxyl groups excluding tert-OH is 1. The molecule has 0 amide bonds. The molecule has 110 valence electrons. The van der Waals surface area contributed by atoms with Gasteiger partial charge in [0.05, 0.1) is 11.9 Å². The Morgan fingerprint density at radius 1 is 1.00 bits per heavy atom. The van der Waals surface area contributed by atoms with Crippen molar-refractivity contribution in [1.82, 2.24) is 4.31 Å². The molecule has 3 fully saturated rings. The molecule has 3 unspecified atom stereocenters. The van der Waals surface area contributed by atoms with Crippen LogP contribution in [0.3, 0.4) is 0 Å². The molecule has 0 aromatic carbocycles. The molecule has 1 aliphatic heterocycles. The maximum atomic E-state index is 12.6. The Kier molecular flexibility index (Phi) is 3.89. The first-order valence-corrected chi connectivity index (χ1v) is 9.36. The van der Waals surface area contributed by atoms with Crippen LogP contribution in [0.15, 0.2) is 0 Å². The zero-order chi connectivity index (χ0) is 13.5. The summed E-state index contributed by atoms with van der Waals surface area (Å²) in [5, 5.41) is 10.1. The van der Waals surface area contributed by atoms with Crippen LogP contribution in [0.2, 0.25) is 0 Å². The fraction of sp³-hybridized carbons (Fsp3) is 1.00. The Labute approximate surface area is 116 Å². The largest absolute Gasteiger partial charge is 0.393 e. The van der Waals surface area contributed by atoms with E-state index in [1.165, 1.54) is 0 Å². The lowest BCUT2D eigenvalue weighted by Gasteiger charge is -2.39. The molecule has 3 aliphatic rings. The van der Waals surface area contributed by atoms with Crippen molar-refractivity contribution >= 4 is 10.0 Å². The van der Waals surface area contributed by atoms with E-state index in [0.717, 1.165) is 51.4 Å². The highest BCUT2D eigenvalue weighted by Crippen LogP contribution is 2.38. The third-order valence-electron chi connectivity index (χ3n) is 5.02. The summed E-state index contributed by atoms with van der Waals surface area (Å²) < 4.78 is 26.9. The number of hydrogen-bond acceptors (Lipinski definition) is 3. The molecule has 2 saturated carbocycles. The maximum Gasteiger partial charge on any atom is 0.214 e. The number of nitrogens with zero attached hydrogens (tertiary/aromatic N) is 1. The van der Waals surface area contributed by atoms with Crippen molar-refractivity contribution in [3.8, 4) is 0 Å². The lowest BCUT2D eigenvalue weighted by Crippen LogP contribution is -2.50. The lowest BCUT2D eigenvalue weighted by molar-refractivity contribution is 0.0723. The minimum absolute atomic E-state index is 0.0648. The van der Waals surface area contributed by atoms with Gasteiger partial charge in [0.25, 0.3) is 0 Å².